The zero-order valence-electron chi connectivity index (χ0n) is 14.9. The fourth-order valence-corrected chi connectivity index (χ4v) is 3.11. The van der Waals surface area contributed by atoms with Gasteiger partial charge in [0.2, 0.25) is 0 Å². The van der Waals surface area contributed by atoms with E-state index in [0.717, 1.165) is 12.8 Å². The maximum absolute atomic E-state index is 12.3. The van der Waals surface area contributed by atoms with Gasteiger partial charge in [-0.05, 0) is 33.6 Å². The van der Waals surface area contributed by atoms with Crippen LogP contribution in [-0.2, 0) is 18.9 Å². The van der Waals surface area contributed by atoms with Crippen LogP contribution in [0, 0.1) is 0 Å². The molecule has 1 rings (SSSR count). The van der Waals surface area contributed by atoms with E-state index in [1.807, 2.05) is 20.8 Å². The molecule has 1 aliphatic rings. The maximum atomic E-state index is 12.3. The van der Waals surface area contributed by atoms with Gasteiger partial charge in [0.1, 0.15) is 11.7 Å². The summed E-state index contributed by atoms with van der Waals surface area (Å²) < 4.78 is 22.1. The van der Waals surface area contributed by atoms with E-state index in [9.17, 15) is 4.79 Å². The monoisotopic (exact) mass is 395 g/mol. The highest BCUT2D eigenvalue weighted by atomic mass is 79.9. The molecule has 0 spiro atoms. The van der Waals surface area contributed by atoms with Gasteiger partial charge in [0.15, 0.2) is 0 Å². The third-order valence-corrected chi connectivity index (χ3v) is 4.72. The molecule has 0 saturated carbocycles. The van der Waals surface area contributed by atoms with Crippen LogP contribution in [0.5, 0.6) is 0 Å². The van der Waals surface area contributed by atoms with Gasteiger partial charge in [-0.2, -0.15) is 0 Å². The molecule has 0 aliphatic carbocycles. The second-order valence-corrected chi connectivity index (χ2v) is 7.51. The predicted molar refractivity (Wildman–Crippen MR) is 92.2 cm³/mol. The van der Waals surface area contributed by atoms with Crippen molar-refractivity contribution in [2.45, 2.75) is 50.9 Å². The topological polar surface area (TPSA) is 57.2 Å². The molecule has 0 aromatic carbocycles. The van der Waals surface area contributed by atoms with Gasteiger partial charge in [0, 0.05) is 26.1 Å². The molecule has 0 aromatic heterocycles. The van der Waals surface area contributed by atoms with Crippen molar-refractivity contribution in [3.8, 4) is 0 Å². The summed E-state index contributed by atoms with van der Waals surface area (Å²) in [6, 6.07) is 0. The van der Waals surface area contributed by atoms with Crippen LogP contribution >= 0.6 is 15.9 Å². The van der Waals surface area contributed by atoms with E-state index < -0.39 is 11.2 Å². The van der Waals surface area contributed by atoms with Gasteiger partial charge < -0.3 is 23.8 Å². The predicted octanol–water partition coefficient (Wildman–Crippen LogP) is 2.83. The summed E-state index contributed by atoms with van der Waals surface area (Å²) in [7, 11) is 3.28. The summed E-state index contributed by atoms with van der Waals surface area (Å²) in [5, 5.41) is 0.655. The van der Waals surface area contributed by atoms with E-state index in [2.05, 4.69) is 15.9 Å². The smallest absolute Gasteiger partial charge is 0.410 e. The number of nitrogens with zero attached hydrogens (tertiary/aromatic N) is 1. The molecular formula is C16H30BrNO5. The third-order valence-electron chi connectivity index (χ3n) is 3.70. The molecule has 6 nitrogen and oxygen atoms in total. The fraction of sp³-hybridized carbons (Fsp3) is 0.938. The van der Waals surface area contributed by atoms with Gasteiger partial charge in [-0.1, -0.05) is 15.9 Å². The number of ether oxygens (including phenoxy) is 4. The van der Waals surface area contributed by atoms with Crippen molar-refractivity contribution in [2.75, 3.05) is 45.9 Å². The minimum absolute atomic E-state index is 0.118. The molecule has 0 N–H and O–H groups in total. The molecule has 1 amide bonds. The van der Waals surface area contributed by atoms with Crippen LogP contribution < -0.4 is 0 Å². The van der Waals surface area contributed by atoms with Crippen molar-refractivity contribution in [3.63, 3.8) is 0 Å². The van der Waals surface area contributed by atoms with Crippen LogP contribution in [-0.4, -0.2) is 74.2 Å². The van der Waals surface area contributed by atoms with E-state index in [-0.39, 0.29) is 12.2 Å². The number of halogens is 1. The van der Waals surface area contributed by atoms with Gasteiger partial charge in [-0.25, -0.2) is 4.79 Å². The van der Waals surface area contributed by atoms with Gasteiger partial charge >= 0.3 is 6.09 Å². The summed E-state index contributed by atoms with van der Waals surface area (Å²) in [4.78, 5) is 14.0. The average molecular weight is 396 g/mol. The zero-order chi connectivity index (χ0) is 17.5. The molecule has 0 bridgehead atoms. The van der Waals surface area contributed by atoms with Crippen LogP contribution in [0.1, 0.15) is 33.6 Å². The summed E-state index contributed by atoms with van der Waals surface area (Å²) in [6.07, 6.45) is 1.37. The molecule has 1 heterocycles. The molecule has 7 heteroatoms. The van der Waals surface area contributed by atoms with Crippen LogP contribution in [0.25, 0.3) is 0 Å². The number of hydrogen-bond acceptors (Lipinski definition) is 5. The molecule has 0 radical (unpaired) electrons. The maximum Gasteiger partial charge on any atom is 0.410 e. The number of amides is 1. The van der Waals surface area contributed by atoms with Crippen molar-refractivity contribution in [1.29, 1.82) is 0 Å². The second kappa shape index (κ2) is 9.20. The van der Waals surface area contributed by atoms with Gasteiger partial charge in [-0.3, -0.25) is 0 Å². The van der Waals surface area contributed by atoms with Crippen molar-refractivity contribution < 1.29 is 23.7 Å². The largest absolute Gasteiger partial charge is 0.444 e. The Kier molecular flexibility index (Phi) is 8.27. The lowest BCUT2D eigenvalue weighted by molar-refractivity contribution is -0.115. The molecule has 1 saturated heterocycles. The first-order chi connectivity index (χ1) is 10.7. The molecule has 2 unspecified atom stereocenters. The van der Waals surface area contributed by atoms with Crippen molar-refractivity contribution >= 4 is 22.0 Å². The van der Waals surface area contributed by atoms with Crippen LogP contribution in [0.4, 0.5) is 4.79 Å². The quantitative estimate of drug-likeness (QED) is 0.620. The molecule has 0 aromatic rings. The van der Waals surface area contributed by atoms with Gasteiger partial charge in [0.25, 0.3) is 0 Å². The Morgan fingerprint density at radius 3 is 2.52 bits per heavy atom. The highest BCUT2D eigenvalue weighted by molar-refractivity contribution is 9.09. The standard InChI is InChI=1S/C16H30BrNO5/c1-15(2,3)23-14(19)18-8-6-7-16(11-17,12-18)22-10-13(21-5)9-20-4/h13H,6-12H2,1-5H3. The molecule has 136 valence electrons. The Balaban J connectivity index is 2.65. The minimum atomic E-state index is -0.494. The SMILES string of the molecule is COCC(COC1(CBr)CCCN(C(=O)OC(C)(C)C)C1)OC. The Labute approximate surface area is 147 Å². The van der Waals surface area contributed by atoms with E-state index in [4.69, 9.17) is 18.9 Å². The molecular weight excluding hydrogens is 366 g/mol. The first kappa shape index (κ1) is 20.7. The first-order valence-corrected chi connectivity index (χ1v) is 9.07. The Morgan fingerprint density at radius 1 is 1.30 bits per heavy atom. The van der Waals surface area contributed by atoms with E-state index >= 15 is 0 Å². The van der Waals surface area contributed by atoms with E-state index in [1.165, 1.54) is 0 Å². The first-order valence-electron chi connectivity index (χ1n) is 7.95. The molecule has 1 aliphatic heterocycles. The van der Waals surface area contributed by atoms with Crippen LogP contribution in [0.2, 0.25) is 0 Å². The Bertz CT molecular complexity index is 374. The number of alkyl halides is 1. The highest BCUT2D eigenvalue weighted by Crippen LogP contribution is 2.28. The minimum Gasteiger partial charge on any atom is -0.444 e. The summed E-state index contributed by atoms with van der Waals surface area (Å²) in [5.41, 5.74) is -0.911. The van der Waals surface area contributed by atoms with Crippen molar-refractivity contribution in [3.05, 3.63) is 0 Å². The average Bonchev–Trinajstić information content (AvgIpc) is 2.50. The number of carbonyl (C=O) groups excluding carboxylic acids is 1. The van der Waals surface area contributed by atoms with Gasteiger partial charge in [0.05, 0.1) is 25.4 Å². The number of likely N-dealkylation sites (tertiary alicyclic amines) is 1. The second-order valence-electron chi connectivity index (χ2n) is 6.95. The zero-order valence-corrected chi connectivity index (χ0v) is 16.5. The third kappa shape index (κ3) is 6.95. The van der Waals surface area contributed by atoms with Crippen LogP contribution in [0.15, 0.2) is 0 Å². The van der Waals surface area contributed by atoms with Crippen molar-refractivity contribution in [1.82, 2.24) is 4.90 Å². The van der Waals surface area contributed by atoms with E-state index in [1.54, 1.807) is 19.1 Å². The Morgan fingerprint density at radius 2 is 2.00 bits per heavy atom. The number of hydrogen-bond donors (Lipinski definition) is 0. The molecule has 23 heavy (non-hydrogen) atoms. The fourth-order valence-electron chi connectivity index (χ4n) is 2.49. The number of methoxy groups -OCH3 is 2. The lowest BCUT2D eigenvalue weighted by atomic mass is 9.95. The molecule has 2 atom stereocenters. The van der Waals surface area contributed by atoms with Gasteiger partial charge in [-0.15, -0.1) is 0 Å². The molecule has 1 fully saturated rings. The highest BCUT2D eigenvalue weighted by Gasteiger charge is 2.39. The normalized spacial score (nSPS) is 23.7. The number of carbonyl (C=O) groups is 1. The summed E-state index contributed by atoms with van der Waals surface area (Å²) >= 11 is 3.54. The Hall–Kier alpha value is -0.370. The summed E-state index contributed by atoms with van der Waals surface area (Å²) in [6.45, 7) is 7.73. The lowest BCUT2D eigenvalue weighted by Gasteiger charge is -2.42. The lowest BCUT2D eigenvalue weighted by Crippen LogP contribution is -2.54. The van der Waals surface area contributed by atoms with Crippen molar-refractivity contribution in [2.24, 2.45) is 0 Å². The number of piperidine rings is 1. The number of rotatable bonds is 7. The summed E-state index contributed by atoms with van der Waals surface area (Å²) in [5.74, 6) is 0. The van der Waals surface area contributed by atoms with Crippen LogP contribution in [0.3, 0.4) is 0 Å². The van der Waals surface area contributed by atoms with E-state index in [0.29, 0.717) is 31.6 Å².